The van der Waals surface area contributed by atoms with Gasteiger partial charge >= 0.3 is 5.97 Å². The molecule has 5 rings (SSSR count). The summed E-state index contributed by atoms with van der Waals surface area (Å²) in [6.45, 7) is 8.64. The Kier molecular flexibility index (Phi) is 13.3. The van der Waals surface area contributed by atoms with Crippen molar-refractivity contribution in [2.24, 2.45) is 11.3 Å². The fraction of sp³-hybridized carbons (Fsp3) is 0.333. The second-order valence-corrected chi connectivity index (χ2v) is 16.3. The topological polar surface area (TPSA) is 132 Å². The predicted molar refractivity (Wildman–Crippen MR) is 216 cm³/mol. The smallest absolute Gasteiger partial charge is 0.341 e. The molecule has 0 spiro atoms. The Hall–Kier alpha value is -5.07. The molecule has 2 atom stereocenters. The SMILES string of the molecule is CCC(Sc1cccc(NC(=O)/C(=C\c2cccc(OC)c2OC)NC(=O)c2ccccc2)c1)C(=O)Nc1sc2c(c1C(=O)OC)CCC(C(C)(C)C)C2. The molecular weight excluding hydrogens is 723 g/mol. The van der Waals surface area contributed by atoms with Crippen LogP contribution in [0.2, 0.25) is 0 Å². The van der Waals surface area contributed by atoms with Crippen LogP contribution in [0.4, 0.5) is 10.7 Å². The van der Waals surface area contributed by atoms with E-state index in [1.807, 2.05) is 13.0 Å². The van der Waals surface area contributed by atoms with Crippen molar-refractivity contribution in [1.82, 2.24) is 5.32 Å². The fourth-order valence-corrected chi connectivity index (χ4v) is 8.71. The Bertz CT molecular complexity index is 2030. The van der Waals surface area contributed by atoms with E-state index >= 15 is 0 Å². The van der Waals surface area contributed by atoms with Crippen LogP contribution in [0.15, 0.2) is 83.4 Å². The summed E-state index contributed by atoms with van der Waals surface area (Å²) in [4.78, 5) is 55.7. The summed E-state index contributed by atoms with van der Waals surface area (Å²) in [6.07, 6.45) is 4.63. The second-order valence-electron chi connectivity index (χ2n) is 14.0. The first-order valence-electron chi connectivity index (χ1n) is 17.8. The minimum Gasteiger partial charge on any atom is -0.493 e. The van der Waals surface area contributed by atoms with E-state index in [2.05, 4.69) is 36.7 Å². The molecule has 10 nitrogen and oxygen atoms in total. The lowest BCUT2D eigenvalue weighted by molar-refractivity contribution is -0.116. The molecule has 3 aromatic carbocycles. The monoisotopic (exact) mass is 769 g/mol. The van der Waals surface area contributed by atoms with Gasteiger partial charge in [0.25, 0.3) is 11.8 Å². The highest BCUT2D eigenvalue weighted by Crippen LogP contribution is 2.45. The van der Waals surface area contributed by atoms with Gasteiger partial charge in [0.1, 0.15) is 10.7 Å². The van der Waals surface area contributed by atoms with Crippen LogP contribution in [0, 0.1) is 11.3 Å². The number of benzene rings is 3. The maximum Gasteiger partial charge on any atom is 0.341 e. The lowest BCUT2D eigenvalue weighted by Crippen LogP contribution is -2.30. The van der Waals surface area contributed by atoms with E-state index < -0.39 is 23.0 Å². The van der Waals surface area contributed by atoms with Crippen LogP contribution in [0.1, 0.15) is 77.3 Å². The maximum absolute atomic E-state index is 13.8. The highest BCUT2D eigenvalue weighted by Gasteiger charge is 2.35. The summed E-state index contributed by atoms with van der Waals surface area (Å²) in [5.41, 5.74) is 2.91. The normalized spacial score (nSPS) is 14.6. The third-order valence-electron chi connectivity index (χ3n) is 9.41. The molecule has 1 aliphatic rings. The molecule has 2 unspecified atom stereocenters. The molecule has 1 heterocycles. The highest BCUT2D eigenvalue weighted by atomic mass is 32.2. The van der Waals surface area contributed by atoms with Crippen LogP contribution in [0.3, 0.4) is 0 Å². The molecule has 0 bridgehead atoms. The van der Waals surface area contributed by atoms with Crippen LogP contribution >= 0.6 is 23.1 Å². The van der Waals surface area contributed by atoms with Gasteiger partial charge in [-0.2, -0.15) is 0 Å². The number of ether oxygens (including phenoxy) is 3. The zero-order valence-corrected chi connectivity index (χ0v) is 33.3. The van der Waals surface area contributed by atoms with Crippen LogP contribution in [0.5, 0.6) is 11.5 Å². The van der Waals surface area contributed by atoms with Gasteiger partial charge in [0.15, 0.2) is 11.5 Å². The predicted octanol–water partition coefficient (Wildman–Crippen LogP) is 8.62. The molecule has 0 saturated heterocycles. The van der Waals surface area contributed by atoms with Crippen molar-refractivity contribution in [2.75, 3.05) is 32.0 Å². The molecule has 3 N–H and O–H groups in total. The number of fused-ring (bicyclic) bond motifs is 1. The fourth-order valence-electron chi connectivity index (χ4n) is 6.38. The molecule has 3 amide bonds. The van der Waals surface area contributed by atoms with Crippen LogP contribution < -0.4 is 25.4 Å². The highest BCUT2D eigenvalue weighted by molar-refractivity contribution is 8.00. The molecule has 0 radical (unpaired) electrons. The molecule has 4 aromatic rings. The molecule has 1 aliphatic carbocycles. The number of nitrogens with one attached hydrogen (secondary N) is 3. The average molecular weight is 770 g/mol. The van der Waals surface area contributed by atoms with Gasteiger partial charge in [-0.15, -0.1) is 23.1 Å². The van der Waals surface area contributed by atoms with E-state index in [-0.39, 0.29) is 17.0 Å². The largest absolute Gasteiger partial charge is 0.493 e. The number of thioether (sulfide) groups is 1. The van der Waals surface area contributed by atoms with Crippen LogP contribution in [-0.4, -0.2) is 50.3 Å². The van der Waals surface area contributed by atoms with Gasteiger partial charge < -0.3 is 30.2 Å². The van der Waals surface area contributed by atoms with E-state index in [1.54, 1.807) is 66.7 Å². The summed E-state index contributed by atoms with van der Waals surface area (Å²) in [5, 5.41) is 8.74. The number of carbonyl (C=O) groups excluding carboxylic acids is 4. The molecule has 0 aliphatic heterocycles. The summed E-state index contributed by atoms with van der Waals surface area (Å²) in [7, 11) is 4.38. The number of methoxy groups -OCH3 is 3. The molecule has 0 saturated carbocycles. The van der Waals surface area contributed by atoms with Crippen LogP contribution in [0.25, 0.3) is 6.08 Å². The van der Waals surface area contributed by atoms with Crippen molar-refractivity contribution < 1.29 is 33.4 Å². The maximum atomic E-state index is 13.8. The van der Waals surface area contributed by atoms with Crippen molar-refractivity contribution >= 4 is 63.6 Å². The summed E-state index contributed by atoms with van der Waals surface area (Å²) in [6, 6.07) is 21.0. The van der Waals surface area contributed by atoms with Gasteiger partial charge in [-0.25, -0.2) is 4.79 Å². The number of anilines is 2. The average Bonchev–Trinajstić information content (AvgIpc) is 3.53. The first kappa shape index (κ1) is 40.1. The van der Waals surface area contributed by atoms with Gasteiger partial charge in [0.2, 0.25) is 5.91 Å². The van der Waals surface area contributed by atoms with Gasteiger partial charge in [-0.05, 0) is 85.1 Å². The zero-order chi connectivity index (χ0) is 39.0. The first-order chi connectivity index (χ1) is 25.9. The number of rotatable bonds is 13. The molecular formula is C42H47N3O7S2. The molecule has 54 heavy (non-hydrogen) atoms. The molecule has 1 aromatic heterocycles. The molecule has 0 fully saturated rings. The first-order valence-corrected chi connectivity index (χ1v) is 19.5. The Morgan fingerprint density at radius 2 is 1.69 bits per heavy atom. The van der Waals surface area contributed by atoms with E-state index in [0.29, 0.717) is 51.2 Å². The quantitative estimate of drug-likeness (QED) is 0.0700. The van der Waals surface area contributed by atoms with Crippen molar-refractivity contribution in [2.45, 2.75) is 63.5 Å². The Morgan fingerprint density at radius 3 is 2.35 bits per heavy atom. The minimum absolute atomic E-state index is 0.0202. The minimum atomic E-state index is -0.568. The Balaban J connectivity index is 1.35. The summed E-state index contributed by atoms with van der Waals surface area (Å²) < 4.78 is 16.2. The lowest BCUT2D eigenvalue weighted by atomic mass is 9.72. The van der Waals surface area contributed by atoms with E-state index in [1.165, 1.54) is 50.5 Å². The third-order valence-corrected chi connectivity index (χ3v) is 11.9. The summed E-state index contributed by atoms with van der Waals surface area (Å²) >= 11 is 2.82. The number of para-hydroxylation sites is 1. The number of esters is 1. The molecule has 12 heteroatoms. The Morgan fingerprint density at radius 1 is 0.944 bits per heavy atom. The number of carbonyl (C=O) groups is 4. The van der Waals surface area contributed by atoms with Gasteiger partial charge in [0.05, 0.1) is 32.1 Å². The number of hydrogen-bond acceptors (Lipinski definition) is 9. The van der Waals surface area contributed by atoms with Gasteiger partial charge in [-0.1, -0.05) is 64.1 Å². The van der Waals surface area contributed by atoms with Gasteiger partial charge in [0, 0.05) is 26.6 Å². The van der Waals surface area contributed by atoms with Crippen molar-refractivity contribution in [1.29, 1.82) is 0 Å². The number of amides is 3. The lowest BCUT2D eigenvalue weighted by Gasteiger charge is -2.33. The number of thiophene rings is 1. The second kappa shape index (κ2) is 17.8. The zero-order valence-electron chi connectivity index (χ0n) is 31.7. The van der Waals surface area contributed by atoms with Gasteiger partial charge in [-0.3, -0.25) is 14.4 Å². The summed E-state index contributed by atoms with van der Waals surface area (Å²) in [5.74, 6) is -0.363. The van der Waals surface area contributed by atoms with E-state index in [9.17, 15) is 19.2 Å². The van der Waals surface area contributed by atoms with Crippen molar-refractivity contribution in [3.63, 3.8) is 0 Å². The van der Waals surface area contributed by atoms with E-state index in [4.69, 9.17) is 14.2 Å². The van der Waals surface area contributed by atoms with Crippen molar-refractivity contribution in [3.8, 4) is 11.5 Å². The number of hydrogen-bond donors (Lipinski definition) is 3. The van der Waals surface area contributed by atoms with Crippen molar-refractivity contribution in [3.05, 3.63) is 106 Å². The Labute approximate surface area is 325 Å². The van der Waals surface area contributed by atoms with E-state index in [0.717, 1.165) is 34.6 Å². The third kappa shape index (κ3) is 9.53. The van der Waals surface area contributed by atoms with Crippen LogP contribution in [-0.2, 0) is 27.2 Å². The standard InChI is InChI=1S/C42H47N3O7S2/c1-8-33(39(48)45-40-35(41(49)52-7)30-21-20-27(42(2,3)4)23-34(30)54-40)53-29-18-13-17-28(24-29)43-38(47)31(44-37(46)25-14-10-9-11-15-25)22-26-16-12-19-32(50-5)36(26)51-6/h9-19,22,24,27,33H,8,20-21,23H2,1-7H3,(H,43,47)(H,44,46)(H,45,48)/b31-22+. The molecule has 284 valence electrons.